The van der Waals surface area contributed by atoms with Gasteiger partial charge in [-0.2, -0.15) is 0 Å². The number of phenols is 1. The molecule has 2 atom stereocenters. The number of carboxylic acid groups (broad SMARTS) is 1. The summed E-state index contributed by atoms with van der Waals surface area (Å²) in [4.78, 5) is 23.7. The zero-order chi connectivity index (χ0) is 24.7. The minimum absolute atomic E-state index is 0.159. The summed E-state index contributed by atoms with van der Waals surface area (Å²) in [5.41, 5.74) is 0.978. The number of methoxy groups -OCH3 is 1. The van der Waals surface area contributed by atoms with Gasteiger partial charge in [-0.3, -0.25) is 14.9 Å². The predicted molar refractivity (Wildman–Crippen MR) is 115 cm³/mol. The van der Waals surface area contributed by atoms with Crippen molar-refractivity contribution in [1.82, 2.24) is 25.5 Å². The number of carboxylic acids is 1. The van der Waals surface area contributed by atoms with Crippen LogP contribution >= 0.6 is 0 Å². The molecule has 12 heteroatoms. The number of benzene rings is 2. The Labute approximate surface area is 194 Å². The van der Waals surface area contributed by atoms with Gasteiger partial charge >= 0.3 is 11.9 Å². The van der Waals surface area contributed by atoms with Crippen molar-refractivity contribution in [3.8, 4) is 11.5 Å². The molecule has 0 bridgehead atoms. The molecule has 34 heavy (non-hydrogen) atoms. The number of aromatic nitrogens is 4. The van der Waals surface area contributed by atoms with Crippen molar-refractivity contribution in [3.05, 3.63) is 65.2 Å². The number of ether oxygens (including phenoxy) is 2. The van der Waals surface area contributed by atoms with Gasteiger partial charge in [0.2, 0.25) is 0 Å². The van der Waals surface area contributed by atoms with E-state index in [9.17, 15) is 24.2 Å². The summed E-state index contributed by atoms with van der Waals surface area (Å²) in [5.74, 6) is -1.87. The number of phenolic OH excluding ortho intramolecular Hbond substituents is 1. The molecule has 3 aromatic rings. The fraction of sp³-hybridized carbons (Fsp3) is 0.318. The van der Waals surface area contributed by atoms with Gasteiger partial charge < -0.3 is 19.7 Å². The molecular weight excluding hydrogens is 449 g/mol. The molecule has 2 unspecified atom stereocenters. The molecule has 180 valence electrons. The molecule has 0 aliphatic rings. The van der Waals surface area contributed by atoms with Gasteiger partial charge in [-0.25, -0.2) is 9.07 Å². The van der Waals surface area contributed by atoms with Crippen LogP contribution in [0.3, 0.4) is 0 Å². The van der Waals surface area contributed by atoms with Crippen LogP contribution < -0.4 is 10.1 Å². The Hall–Kier alpha value is -4.06. The van der Waals surface area contributed by atoms with Crippen molar-refractivity contribution in [1.29, 1.82) is 0 Å². The molecule has 0 saturated carbocycles. The summed E-state index contributed by atoms with van der Waals surface area (Å²) in [6.07, 6.45) is -0.344. The summed E-state index contributed by atoms with van der Waals surface area (Å²) in [7, 11) is 1.40. The Morgan fingerprint density at radius 2 is 1.88 bits per heavy atom. The van der Waals surface area contributed by atoms with E-state index in [0.29, 0.717) is 11.1 Å². The molecule has 2 aromatic carbocycles. The quantitative estimate of drug-likeness (QED) is 0.353. The summed E-state index contributed by atoms with van der Waals surface area (Å²) in [6, 6.07) is 8.33. The number of hydrogen-bond acceptors (Lipinski definition) is 9. The highest BCUT2D eigenvalue weighted by atomic mass is 19.1. The minimum Gasteiger partial charge on any atom is -0.504 e. The van der Waals surface area contributed by atoms with Crippen LogP contribution in [-0.4, -0.2) is 56.1 Å². The Morgan fingerprint density at radius 1 is 1.18 bits per heavy atom. The minimum atomic E-state index is -1.09. The number of carbonyl (C=O) groups excluding carboxylic acids is 1. The predicted octanol–water partition coefficient (Wildman–Crippen LogP) is 1.98. The Morgan fingerprint density at radius 3 is 2.50 bits per heavy atom. The van der Waals surface area contributed by atoms with Gasteiger partial charge in [-0.15, -0.1) is 5.10 Å². The van der Waals surface area contributed by atoms with E-state index in [0.717, 1.165) is 0 Å². The van der Waals surface area contributed by atoms with Crippen LogP contribution in [-0.2, 0) is 20.9 Å². The second kappa shape index (κ2) is 11.2. The summed E-state index contributed by atoms with van der Waals surface area (Å²) >= 11 is 0. The second-order valence-corrected chi connectivity index (χ2v) is 7.23. The first-order chi connectivity index (χ1) is 16.3. The highest BCUT2D eigenvalue weighted by Crippen LogP contribution is 2.33. The van der Waals surface area contributed by atoms with E-state index >= 15 is 0 Å². The molecule has 3 rings (SSSR count). The lowest BCUT2D eigenvalue weighted by Crippen LogP contribution is -2.32. The number of halogens is 1. The molecule has 3 N–H and O–H groups in total. The van der Waals surface area contributed by atoms with Crippen molar-refractivity contribution in [2.45, 2.75) is 32.0 Å². The number of rotatable bonds is 11. The van der Waals surface area contributed by atoms with Crippen LogP contribution in [0.25, 0.3) is 0 Å². The average Bonchev–Trinajstić information content (AvgIpc) is 3.24. The van der Waals surface area contributed by atoms with Gasteiger partial charge in [0, 0.05) is 6.04 Å². The summed E-state index contributed by atoms with van der Waals surface area (Å²) in [6.45, 7) is 1.56. The third kappa shape index (κ3) is 6.04. The number of tetrazole rings is 1. The number of nitrogens with one attached hydrogen (secondary N) is 1. The van der Waals surface area contributed by atoms with Crippen molar-refractivity contribution in [2.24, 2.45) is 0 Å². The highest BCUT2D eigenvalue weighted by Gasteiger charge is 2.28. The van der Waals surface area contributed by atoms with E-state index in [2.05, 4.69) is 20.8 Å². The molecule has 0 amide bonds. The van der Waals surface area contributed by atoms with Crippen molar-refractivity contribution in [3.63, 3.8) is 0 Å². The van der Waals surface area contributed by atoms with Crippen LogP contribution in [0.1, 0.15) is 42.4 Å². The highest BCUT2D eigenvalue weighted by molar-refractivity contribution is 5.69. The standard InChI is InChI=1S/C22H24FN5O6/c1-3-34-20(32)12-28-22(25-26-27-28)21(14-6-9-18(33-2)17(29)10-14)24-16(11-19(30)31)13-4-7-15(23)8-5-13/h4-10,16,21,24,29H,3,11-12H2,1-2H3,(H,30,31). The molecule has 0 aliphatic heterocycles. The summed E-state index contributed by atoms with van der Waals surface area (Å²) < 4.78 is 24.8. The molecule has 0 aliphatic carbocycles. The first-order valence-electron chi connectivity index (χ1n) is 10.3. The van der Waals surface area contributed by atoms with Crippen molar-refractivity contribution in [2.75, 3.05) is 13.7 Å². The lowest BCUT2D eigenvalue weighted by molar-refractivity contribution is -0.144. The first kappa shape index (κ1) is 24.6. The van der Waals surface area contributed by atoms with Gasteiger partial charge in [-0.1, -0.05) is 18.2 Å². The molecule has 1 heterocycles. The zero-order valence-electron chi connectivity index (χ0n) is 18.5. The average molecular weight is 473 g/mol. The number of carbonyl (C=O) groups is 2. The third-order valence-corrected chi connectivity index (χ3v) is 4.96. The van der Waals surface area contributed by atoms with Gasteiger partial charge in [0.15, 0.2) is 17.3 Å². The first-order valence-corrected chi connectivity index (χ1v) is 10.3. The van der Waals surface area contributed by atoms with E-state index in [1.807, 2.05) is 0 Å². The number of aliphatic carboxylic acids is 1. The maximum atomic E-state index is 13.5. The second-order valence-electron chi connectivity index (χ2n) is 7.23. The largest absolute Gasteiger partial charge is 0.504 e. The SMILES string of the molecule is CCOC(=O)Cn1nnnc1C(NC(CC(=O)O)c1ccc(F)cc1)c1ccc(OC)c(O)c1. The number of esters is 1. The van der Waals surface area contributed by atoms with Gasteiger partial charge in [-0.05, 0) is 52.7 Å². The third-order valence-electron chi connectivity index (χ3n) is 4.96. The van der Waals surface area contributed by atoms with E-state index < -0.39 is 29.8 Å². The fourth-order valence-corrected chi connectivity index (χ4v) is 3.41. The Bertz CT molecular complexity index is 1140. The zero-order valence-corrected chi connectivity index (χ0v) is 18.5. The maximum absolute atomic E-state index is 13.5. The van der Waals surface area contributed by atoms with Gasteiger partial charge in [0.25, 0.3) is 0 Å². The van der Waals surface area contributed by atoms with Crippen LogP contribution in [0.2, 0.25) is 0 Å². The van der Waals surface area contributed by atoms with E-state index in [1.165, 1.54) is 48.2 Å². The van der Waals surface area contributed by atoms with Crippen molar-refractivity contribution < 1.29 is 33.7 Å². The number of aromatic hydroxyl groups is 1. The van der Waals surface area contributed by atoms with Crippen LogP contribution in [0.4, 0.5) is 4.39 Å². The fourth-order valence-electron chi connectivity index (χ4n) is 3.41. The monoisotopic (exact) mass is 473 g/mol. The molecule has 0 spiro atoms. The molecule has 0 fully saturated rings. The normalized spacial score (nSPS) is 12.7. The number of hydrogen-bond donors (Lipinski definition) is 3. The smallest absolute Gasteiger partial charge is 0.327 e. The lowest BCUT2D eigenvalue weighted by Gasteiger charge is -2.25. The summed E-state index contributed by atoms with van der Waals surface area (Å²) in [5, 5.41) is 34.5. The Kier molecular flexibility index (Phi) is 8.09. The van der Waals surface area contributed by atoms with Gasteiger partial charge in [0.05, 0.1) is 26.2 Å². The molecule has 11 nitrogen and oxygen atoms in total. The van der Waals surface area contributed by atoms with E-state index in [4.69, 9.17) is 9.47 Å². The van der Waals surface area contributed by atoms with Gasteiger partial charge in [0.1, 0.15) is 12.4 Å². The molecular formula is C22H24FN5O6. The molecule has 0 radical (unpaired) electrons. The van der Waals surface area contributed by atoms with Crippen molar-refractivity contribution >= 4 is 11.9 Å². The van der Waals surface area contributed by atoms with Crippen LogP contribution in [0, 0.1) is 5.82 Å². The Balaban J connectivity index is 2.05. The van der Waals surface area contributed by atoms with E-state index in [1.54, 1.807) is 13.0 Å². The topological polar surface area (TPSA) is 149 Å². The van der Waals surface area contributed by atoms with E-state index in [-0.39, 0.29) is 36.9 Å². The maximum Gasteiger partial charge on any atom is 0.327 e. The van der Waals surface area contributed by atoms with Crippen LogP contribution in [0.5, 0.6) is 11.5 Å². The molecule has 1 aromatic heterocycles. The van der Waals surface area contributed by atoms with Crippen LogP contribution in [0.15, 0.2) is 42.5 Å². The molecule has 0 saturated heterocycles. The lowest BCUT2D eigenvalue weighted by atomic mass is 9.99. The number of nitrogens with zero attached hydrogens (tertiary/aromatic N) is 4.